The Bertz CT molecular complexity index is 1150. The van der Waals surface area contributed by atoms with Crippen molar-refractivity contribution in [2.45, 2.75) is 5.60 Å². The minimum atomic E-state index is -0.709. The molecule has 0 atom stereocenters. The van der Waals surface area contributed by atoms with Crippen LogP contribution in [0, 0.1) is 0 Å². The molecule has 0 fully saturated rings. The van der Waals surface area contributed by atoms with Gasteiger partial charge in [-0.1, -0.05) is 84.9 Å². The summed E-state index contributed by atoms with van der Waals surface area (Å²) in [7, 11) is 0. The molecule has 4 aromatic carbocycles. The fraction of sp³-hybridized carbons (Fsp3) is 0.0385. The molecule has 4 aromatic rings. The van der Waals surface area contributed by atoms with Crippen molar-refractivity contribution in [1.29, 1.82) is 0 Å². The van der Waals surface area contributed by atoms with Crippen LogP contribution in [-0.2, 0) is 5.60 Å². The highest BCUT2D eigenvalue weighted by Crippen LogP contribution is 2.44. The van der Waals surface area contributed by atoms with Crippen LogP contribution in [0.1, 0.15) is 27.0 Å². The Labute approximate surface area is 163 Å². The van der Waals surface area contributed by atoms with E-state index in [4.69, 9.17) is 4.74 Å². The highest BCUT2D eigenvalue weighted by molar-refractivity contribution is 6.04. The molecule has 2 nitrogen and oxygen atoms in total. The normalized spacial score (nSPS) is 14.3. The number of benzene rings is 4. The van der Waals surface area contributed by atoms with E-state index >= 15 is 0 Å². The molecule has 5 rings (SSSR count). The molecule has 2 heteroatoms. The quantitative estimate of drug-likeness (QED) is 0.418. The Morgan fingerprint density at radius 2 is 1.39 bits per heavy atom. The van der Waals surface area contributed by atoms with Crippen molar-refractivity contribution in [2.75, 3.05) is 0 Å². The maximum absolute atomic E-state index is 11.6. The van der Waals surface area contributed by atoms with Gasteiger partial charge in [-0.3, -0.25) is 4.79 Å². The molecule has 0 saturated carbocycles. The van der Waals surface area contributed by atoms with Crippen molar-refractivity contribution in [3.05, 3.63) is 119 Å². The van der Waals surface area contributed by atoms with Gasteiger partial charge >= 0.3 is 0 Å². The number of carbonyl (C=O) groups excluding carboxylic acids is 1. The second kappa shape index (κ2) is 6.50. The summed E-state index contributed by atoms with van der Waals surface area (Å²) in [5, 5.41) is 1.96. The number of fused-ring (bicyclic) bond motifs is 3. The zero-order chi connectivity index (χ0) is 19.0. The summed E-state index contributed by atoms with van der Waals surface area (Å²) < 4.78 is 6.70. The Morgan fingerprint density at radius 3 is 2.04 bits per heavy atom. The van der Waals surface area contributed by atoms with E-state index in [1.807, 2.05) is 66.7 Å². The van der Waals surface area contributed by atoms with E-state index in [2.05, 4.69) is 36.4 Å². The monoisotopic (exact) mass is 362 g/mol. The number of hydrogen-bond acceptors (Lipinski definition) is 2. The largest absolute Gasteiger partial charge is 0.473 e. The molecule has 28 heavy (non-hydrogen) atoms. The van der Waals surface area contributed by atoms with Crippen molar-refractivity contribution in [1.82, 2.24) is 0 Å². The maximum Gasteiger partial charge on any atom is 0.178 e. The zero-order valence-corrected chi connectivity index (χ0v) is 15.2. The fourth-order valence-electron chi connectivity index (χ4n) is 4.03. The lowest BCUT2D eigenvalue weighted by atomic mass is 9.83. The van der Waals surface area contributed by atoms with E-state index < -0.39 is 5.60 Å². The Balaban J connectivity index is 1.77. The highest BCUT2D eigenvalue weighted by Gasteiger charge is 2.37. The minimum absolute atomic E-state index is 0.675. The first-order chi connectivity index (χ1) is 13.8. The second-order valence-corrected chi connectivity index (χ2v) is 6.94. The summed E-state index contributed by atoms with van der Waals surface area (Å²) in [6, 6.07) is 30.2. The van der Waals surface area contributed by atoms with Gasteiger partial charge in [0, 0.05) is 27.6 Å². The first-order valence-corrected chi connectivity index (χ1v) is 9.32. The van der Waals surface area contributed by atoms with E-state index in [1.54, 1.807) is 0 Å². The Hall–Kier alpha value is -3.65. The van der Waals surface area contributed by atoms with Crippen molar-refractivity contribution < 1.29 is 9.53 Å². The number of aldehydes is 1. The highest BCUT2D eigenvalue weighted by atomic mass is 16.5. The second-order valence-electron chi connectivity index (χ2n) is 6.94. The summed E-state index contributed by atoms with van der Waals surface area (Å²) in [4.78, 5) is 11.6. The summed E-state index contributed by atoms with van der Waals surface area (Å²) in [5.41, 5.74) is 3.04. The van der Waals surface area contributed by atoms with E-state index in [-0.39, 0.29) is 0 Å². The molecule has 0 amide bonds. The molecule has 0 spiro atoms. The van der Waals surface area contributed by atoms with Crippen LogP contribution >= 0.6 is 0 Å². The molecule has 0 bridgehead atoms. The number of hydrogen-bond donors (Lipinski definition) is 0. The van der Waals surface area contributed by atoms with Crippen LogP contribution < -0.4 is 4.74 Å². The lowest BCUT2D eigenvalue weighted by molar-refractivity contribution is 0.112. The van der Waals surface area contributed by atoms with Crippen LogP contribution in [0.3, 0.4) is 0 Å². The molecule has 0 unspecified atom stereocenters. The summed E-state index contributed by atoms with van der Waals surface area (Å²) in [6.45, 7) is 0. The summed E-state index contributed by atoms with van der Waals surface area (Å²) >= 11 is 0. The van der Waals surface area contributed by atoms with Crippen LogP contribution in [-0.4, -0.2) is 6.29 Å². The smallest absolute Gasteiger partial charge is 0.178 e. The topological polar surface area (TPSA) is 26.3 Å². The molecule has 0 saturated heterocycles. The Kier molecular flexibility index (Phi) is 3.84. The molecule has 1 aliphatic heterocycles. The number of carbonyl (C=O) groups is 1. The SMILES string of the molecule is O=Cc1cccc2ccc3c(c12)C=CC(c1ccccc1)(c1ccccc1)O3. The van der Waals surface area contributed by atoms with Crippen molar-refractivity contribution in [3.8, 4) is 5.75 Å². The average molecular weight is 362 g/mol. The third kappa shape index (κ3) is 2.46. The van der Waals surface area contributed by atoms with Gasteiger partial charge in [-0.15, -0.1) is 0 Å². The number of ether oxygens (including phenoxy) is 1. The lowest BCUT2D eigenvalue weighted by Crippen LogP contribution is -2.34. The van der Waals surface area contributed by atoms with Gasteiger partial charge < -0.3 is 4.74 Å². The van der Waals surface area contributed by atoms with E-state index in [0.29, 0.717) is 5.56 Å². The molecule has 0 aliphatic carbocycles. The standard InChI is InChI=1S/C26H18O2/c27-18-20-9-7-8-19-14-15-24-23(25(19)20)16-17-26(28-24,21-10-3-1-4-11-21)22-12-5-2-6-13-22/h1-18H. The first kappa shape index (κ1) is 16.5. The number of rotatable bonds is 3. The molecule has 134 valence electrons. The Morgan fingerprint density at radius 1 is 0.714 bits per heavy atom. The molecular weight excluding hydrogens is 344 g/mol. The molecular formula is C26H18O2. The van der Waals surface area contributed by atoms with Gasteiger partial charge in [-0.05, 0) is 23.6 Å². The predicted octanol–water partition coefficient (Wildman–Crippen LogP) is 6.00. The van der Waals surface area contributed by atoms with Crippen molar-refractivity contribution in [3.63, 3.8) is 0 Å². The van der Waals surface area contributed by atoms with E-state index in [0.717, 1.165) is 39.5 Å². The van der Waals surface area contributed by atoms with Crippen LogP contribution in [0.5, 0.6) is 5.75 Å². The average Bonchev–Trinajstić information content (AvgIpc) is 2.79. The predicted molar refractivity (Wildman–Crippen MR) is 113 cm³/mol. The van der Waals surface area contributed by atoms with E-state index in [9.17, 15) is 4.79 Å². The summed E-state index contributed by atoms with van der Waals surface area (Å²) in [6.07, 6.45) is 5.10. The van der Waals surface area contributed by atoms with Gasteiger partial charge in [-0.2, -0.15) is 0 Å². The van der Waals surface area contributed by atoms with Crippen LogP contribution in [0.15, 0.2) is 97.1 Å². The minimum Gasteiger partial charge on any atom is -0.473 e. The van der Waals surface area contributed by atoms with Gasteiger partial charge in [0.05, 0.1) is 0 Å². The van der Waals surface area contributed by atoms with Gasteiger partial charge in [0.15, 0.2) is 11.9 Å². The molecule has 1 heterocycles. The van der Waals surface area contributed by atoms with Crippen LogP contribution in [0.4, 0.5) is 0 Å². The zero-order valence-electron chi connectivity index (χ0n) is 15.2. The third-order valence-corrected chi connectivity index (χ3v) is 5.37. The van der Waals surface area contributed by atoms with Crippen molar-refractivity contribution in [2.24, 2.45) is 0 Å². The molecule has 1 aliphatic rings. The third-order valence-electron chi connectivity index (χ3n) is 5.37. The van der Waals surface area contributed by atoms with E-state index in [1.165, 1.54) is 0 Å². The first-order valence-electron chi connectivity index (χ1n) is 9.32. The lowest BCUT2D eigenvalue weighted by Gasteiger charge is -2.36. The van der Waals surface area contributed by atoms with Crippen LogP contribution in [0.25, 0.3) is 16.8 Å². The molecule has 0 radical (unpaired) electrons. The van der Waals surface area contributed by atoms with Crippen LogP contribution in [0.2, 0.25) is 0 Å². The summed E-state index contributed by atoms with van der Waals surface area (Å²) in [5.74, 6) is 0.775. The van der Waals surface area contributed by atoms with Gasteiger partial charge in [0.25, 0.3) is 0 Å². The molecule has 0 N–H and O–H groups in total. The van der Waals surface area contributed by atoms with Gasteiger partial charge in [0.1, 0.15) is 5.75 Å². The van der Waals surface area contributed by atoms with Gasteiger partial charge in [-0.25, -0.2) is 0 Å². The maximum atomic E-state index is 11.6. The molecule has 0 aromatic heterocycles. The van der Waals surface area contributed by atoms with Crippen molar-refractivity contribution >= 4 is 23.1 Å². The fourth-order valence-corrected chi connectivity index (χ4v) is 4.03. The van der Waals surface area contributed by atoms with Gasteiger partial charge in [0.2, 0.25) is 0 Å².